The molecule has 1 unspecified atom stereocenters. The van der Waals surface area contributed by atoms with Crippen molar-refractivity contribution in [2.24, 2.45) is 5.92 Å². The molecule has 0 aliphatic carbocycles. The first-order valence-electron chi connectivity index (χ1n) is 11.3. The highest BCUT2D eigenvalue weighted by Crippen LogP contribution is 2.32. The van der Waals surface area contributed by atoms with E-state index in [0.29, 0.717) is 5.56 Å². The summed E-state index contributed by atoms with van der Waals surface area (Å²) >= 11 is 0. The van der Waals surface area contributed by atoms with Crippen LogP contribution in [0.2, 0.25) is 0 Å². The van der Waals surface area contributed by atoms with Gasteiger partial charge in [-0.2, -0.15) is 0 Å². The number of amides is 2. The molecule has 2 N–H and O–H groups in total. The number of nitrogens with zero attached hydrogens (tertiary/aromatic N) is 2. The van der Waals surface area contributed by atoms with Crippen molar-refractivity contribution in [3.63, 3.8) is 0 Å². The van der Waals surface area contributed by atoms with E-state index in [2.05, 4.69) is 20.6 Å². The van der Waals surface area contributed by atoms with Crippen LogP contribution >= 0.6 is 0 Å². The molecule has 8 heteroatoms. The fraction of sp³-hybridized carbons (Fsp3) is 0.107. The Morgan fingerprint density at radius 1 is 0.694 bits per heavy atom. The highest BCUT2D eigenvalue weighted by molar-refractivity contribution is 6.11. The minimum Gasteiger partial charge on any atom is -0.310 e. The predicted octanol–water partition coefficient (Wildman–Crippen LogP) is 4.87. The molecule has 7 nitrogen and oxygen atoms in total. The number of aromatic nitrogens is 2. The van der Waals surface area contributed by atoms with Crippen molar-refractivity contribution in [1.29, 1.82) is 0 Å². The first-order chi connectivity index (χ1) is 17.5. The minimum absolute atomic E-state index is 0.161. The van der Waals surface area contributed by atoms with Gasteiger partial charge in [0.2, 0.25) is 11.8 Å². The summed E-state index contributed by atoms with van der Waals surface area (Å²) in [4.78, 5) is 48.5. The Kier molecular flexibility index (Phi) is 7.87. The molecule has 0 saturated carbocycles. The molecular formula is C28H23FN4O3. The fourth-order valence-electron chi connectivity index (χ4n) is 3.85. The Hall–Kier alpha value is -4.72. The number of benzene rings is 2. The van der Waals surface area contributed by atoms with Crippen molar-refractivity contribution in [3.05, 3.63) is 120 Å². The van der Waals surface area contributed by atoms with Crippen molar-refractivity contribution < 1.29 is 18.8 Å². The van der Waals surface area contributed by atoms with E-state index in [0.717, 1.165) is 0 Å². The van der Waals surface area contributed by atoms with Crippen LogP contribution < -0.4 is 10.6 Å². The Morgan fingerprint density at radius 2 is 1.22 bits per heavy atom. The van der Waals surface area contributed by atoms with Crippen LogP contribution in [-0.4, -0.2) is 27.6 Å². The summed E-state index contributed by atoms with van der Waals surface area (Å²) in [6.45, 7) is 0. The minimum atomic E-state index is -1.30. The summed E-state index contributed by atoms with van der Waals surface area (Å²) in [5.74, 6) is -3.62. The van der Waals surface area contributed by atoms with Crippen molar-refractivity contribution >= 4 is 29.2 Å². The first-order valence-corrected chi connectivity index (χ1v) is 11.3. The molecule has 2 aromatic carbocycles. The lowest BCUT2D eigenvalue weighted by molar-refractivity contribution is -0.130. The van der Waals surface area contributed by atoms with Crippen molar-refractivity contribution in [3.8, 4) is 0 Å². The quantitative estimate of drug-likeness (QED) is 0.262. The van der Waals surface area contributed by atoms with Gasteiger partial charge in [0.25, 0.3) is 0 Å². The van der Waals surface area contributed by atoms with Gasteiger partial charge in [-0.1, -0.05) is 42.5 Å². The number of Topliss-reactive ketones (excluding diaryl/α,β-unsaturated/α-hetero) is 1. The van der Waals surface area contributed by atoms with Gasteiger partial charge in [-0.05, 0) is 54.1 Å². The normalized spacial score (nSPS) is 11.5. The molecule has 0 aliphatic rings. The molecule has 1 atom stereocenters. The molecular weight excluding hydrogens is 459 g/mol. The number of nitrogens with one attached hydrogen (secondary N) is 2. The molecule has 4 rings (SSSR count). The number of hydrogen-bond acceptors (Lipinski definition) is 5. The lowest BCUT2D eigenvalue weighted by Gasteiger charge is -2.25. The van der Waals surface area contributed by atoms with E-state index in [1.807, 2.05) is 0 Å². The molecule has 0 saturated heterocycles. The Bertz CT molecular complexity index is 1260. The number of pyridine rings is 2. The maximum absolute atomic E-state index is 13.5. The molecule has 2 amide bonds. The number of hydrogen-bond donors (Lipinski definition) is 2. The zero-order valence-corrected chi connectivity index (χ0v) is 19.2. The second-order valence-electron chi connectivity index (χ2n) is 8.04. The zero-order valence-electron chi connectivity index (χ0n) is 19.2. The molecule has 2 aromatic heterocycles. The summed E-state index contributed by atoms with van der Waals surface area (Å²) in [6, 6.07) is 24.1. The van der Waals surface area contributed by atoms with Crippen LogP contribution in [0.5, 0.6) is 0 Å². The smallest absolute Gasteiger partial charge is 0.238 e. The van der Waals surface area contributed by atoms with Crippen LogP contribution in [0.1, 0.15) is 28.3 Å². The van der Waals surface area contributed by atoms with E-state index in [4.69, 9.17) is 0 Å². The lowest BCUT2D eigenvalue weighted by Crippen LogP contribution is -2.39. The van der Waals surface area contributed by atoms with E-state index >= 15 is 0 Å². The average Bonchev–Trinajstić information content (AvgIpc) is 2.90. The second kappa shape index (κ2) is 11.6. The number of ketones is 1. The number of carbonyl (C=O) groups excluding carboxylic acids is 3. The van der Waals surface area contributed by atoms with Crippen molar-refractivity contribution in [1.82, 2.24) is 9.97 Å². The third-order valence-electron chi connectivity index (χ3n) is 5.60. The van der Waals surface area contributed by atoms with E-state index in [1.54, 1.807) is 66.7 Å². The Labute approximate surface area is 207 Å². The molecule has 0 aliphatic heterocycles. The Balaban J connectivity index is 1.71. The molecule has 0 spiro atoms. The summed E-state index contributed by atoms with van der Waals surface area (Å²) in [5.41, 5.74) is 0.914. The predicted molar refractivity (Wildman–Crippen MR) is 134 cm³/mol. The van der Waals surface area contributed by atoms with Crippen molar-refractivity contribution in [2.75, 3.05) is 10.6 Å². The highest BCUT2D eigenvalue weighted by atomic mass is 19.1. The van der Waals surface area contributed by atoms with Crippen LogP contribution in [0.15, 0.2) is 103 Å². The largest absolute Gasteiger partial charge is 0.310 e. The molecule has 180 valence electrons. The van der Waals surface area contributed by atoms with Gasteiger partial charge in [0.05, 0.1) is 0 Å². The van der Waals surface area contributed by atoms with Gasteiger partial charge in [0.1, 0.15) is 23.4 Å². The topological polar surface area (TPSA) is 101 Å². The molecule has 0 bridgehead atoms. The van der Waals surface area contributed by atoms with Crippen molar-refractivity contribution in [2.45, 2.75) is 12.3 Å². The number of carbonyl (C=O) groups is 3. The lowest BCUT2D eigenvalue weighted by atomic mass is 9.80. The number of anilines is 2. The van der Waals surface area contributed by atoms with Crippen LogP contribution in [0.4, 0.5) is 16.0 Å². The van der Waals surface area contributed by atoms with Gasteiger partial charge in [-0.3, -0.25) is 14.4 Å². The Morgan fingerprint density at radius 3 is 1.72 bits per heavy atom. The first kappa shape index (κ1) is 24.4. The van der Waals surface area contributed by atoms with Gasteiger partial charge in [-0.15, -0.1) is 0 Å². The van der Waals surface area contributed by atoms with Crippen LogP contribution in [-0.2, 0) is 9.59 Å². The molecule has 0 fully saturated rings. The molecule has 4 aromatic rings. The summed E-state index contributed by atoms with van der Waals surface area (Å²) in [5, 5.41) is 5.37. The summed E-state index contributed by atoms with van der Waals surface area (Å²) in [6.07, 6.45) is 2.88. The highest BCUT2D eigenvalue weighted by Gasteiger charge is 2.37. The van der Waals surface area contributed by atoms with E-state index < -0.39 is 29.5 Å². The van der Waals surface area contributed by atoms with Crippen LogP contribution in [0.3, 0.4) is 0 Å². The maximum atomic E-state index is 13.5. The van der Waals surface area contributed by atoms with Gasteiger partial charge < -0.3 is 10.6 Å². The van der Waals surface area contributed by atoms with E-state index in [-0.39, 0.29) is 29.4 Å². The van der Waals surface area contributed by atoms with Crippen LogP contribution in [0.25, 0.3) is 0 Å². The zero-order chi connectivity index (χ0) is 25.3. The number of halogens is 1. The molecule has 2 heterocycles. The fourth-order valence-corrected chi connectivity index (χ4v) is 3.85. The molecule has 0 radical (unpaired) electrons. The summed E-state index contributed by atoms with van der Waals surface area (Å²) in [7, 11) is 0. The van der Waals surface area contributed by atoms with E-state index in [1.165, 1.54) is 36.7 Å². The van der Waals surface area contributed by atoms with Gasteiger partial charge in [0, 0.05) is 30.3 Å². The third-order valence-corrected chi connectivity index (χ3v) is 5.60. The van der Waals surface area contributed by atoms with Crippen LogP contribution in [0, 0.1) is 11.7 Å². The maximum Gasteiger partial charge on any atom is 0.238 e. The van der Waals surface area contributed by atoms with Gasteiger partial charge in [0.15, 0.2) is 5.78 Å². The van der Waals surface area contributed by atoms with Gasteiger partial charge >= 0.3 is 0 Å². The molecule has 36 heavy (non-hydrogen) atoms. The average molecular weight is 483 g/mol. The SMILES string of the molecule is O=C(CC(c1ccccc1)C(C(=O)Nc1ccccn1)C(=O)Nc1ccccn1)c1ccc(F)cc1. The summed E-state index contributed by atoms with van der Waals surface area (Å²) < 4.78 is 13.4. The number of rotatable bonds is 9. The van der Waals surface area contributed by atoms with Gasteiger partial charge in [-0.25, -0.2) is 14.4 Å². The monoisotopic (exact) mass is 482 g/mol. The standard InChI is InChI=1S/C28H23FN4O3/c29-21-14-12-20(13-15-21)23(34)18-22(19-8-2-1-3-9-19)26(27(35)32-24-10-4-6-16-30-24)28(36)33-25-11-5-7-17-31-25/h1-17,22,26H,18H2,(H,30,32,35)(H,31,33,36). The second-order valence-corrected chi connectivity index (χ2v) is 8.04. The van der Waals surface area contributed by atoms with E-state index in [9.17, 15) is 18.8 Å². The third kappa shape index (κ3) is 6.24.